The van der Waals surface area contributed by atoms with Crippen LogP contribution in [0.1, 0.15) is 37.7 Å². The van der Waals surface area contributed by atoms with E-state index in [1.165, 1.54) is 38.5 Å². The van der Waals surface area contributed by atoms with Crippen molar-refractivity contribution in [3.05, 3.63) is 48.2 Å². The first-order chi connectivity index (χ1) is 11.0. The van der Waals surface area contributed by atoms with E-state index in [-0.39, 0.29) is 20.1 Å². The number of benzene rings is 1. The number of hydrogen-bond acceptors (Lipinski definition) is 1. The zero-order valence-electron chi connectivity index (χ0n) is 15.1. The molecule has 0 amide bonds. The molecule has 131 valence electrons. The second-order valence-electron chi connectivity index (χ2n) is 7.96. The van der Waals surface area contributed by atoms with Gasteiger partial charge in [-0.3, -0.25) is 0 Å². The molecule has 0 atom stereocenters. The molecule has 3 rings (SSSR count). The van der Waals surface area contributed by atoms with E-state index in [1.54, 1.807) is 10.8 Å². The van der Waals surface area contributed by atoms with Crippen molar-refractivity contribution in [3.63, 3.8) is 0 Å². The van der Waals surface area contributed by atoms with E-state index < -0.39 is 8.07 Å². The fourth-order valence-corrected chi connectivity index (χ4v) is 5.33. The van der Waals surface area contributed by atoms with Crippen LogP contribution in [0.5, 0.6) is 0 Å². The Morgan fingerprint density at radius 2 is 1.88 bits per heavy atom. The van der Waals surface area contributed by atoms with E-state index >= 15 is 0 Å². The molecule has 3 heteroatoms. The van der Waals surface area contributed by atoms with Crippen LogP contribution in [-0.2, 0) is 26.5 Å². The maximum absolute atomic E-state index is 4.77. The third kappa shape index (κ3) is 4.87. The van der Waals surface area contributed by atoms with Gasteiger partial charge in [0.1, 0.15) is 0 Å². The maximum atomic E-state index is 4.77. The van der Waals surface area contributed by atoms with Gasteiger partial charge in [0, 0.05) is 26.3 Å². The fraction of sp³-hybridized carbons (Fsp3) is 0.476. The molecule has 0 aliphatic heterocycles. The molecule has 1 heterocycles. The van der Waals surface area contributed by atoms with Gasteiger partial charge < -0.3 is 4.98 Å². The average Bonchev–Trinajstić information content (AvgIpc) is 2.55. The van der Waals surface area contributed by atoms with Crippen molar-refractivity contribution in [2.75, 3.05) is 0 Å². The Morgan fingerprint density at radius 1 is 1.12 bits per heavy atom. The minimum Gasteiger partial charge on any atom is -0.305 e. The first-order valence-electron chi connectivity index (χ1n) is 9.00. The summed E-state index contributed by atoms with van der Waals surface area (Å²) in [6.07, 6.45) is 10.5. The monoisotopic (exact) mass is 515 g/mol. The third-order valence-corrected chi connectivity index (χ3v) is 7.08. The predicted molar refractivity (Wildman–Crippen MR) is 102 cm³/mol. The van der Waals surface area contributed by atoms with E-state index in [0.717, 1.165) is 17.2 Å². The van der Waals surface area contributed by atoms with E-state index in [0.29, 0.717) is 0 Å². The van der Waals surface area contributed by atoms with Gasteiger partial charge in [-0.15, -0.1) is 35.9 Å². The minimum atomic E-state index is -1.36. The average molecular weight is 515 g/mol. The molecule has 0 bridgehead atoms. The molecule has 1 radical (unpaired) electrons. The summed E-state index contributed by atoms with van der Waals surface area (Å²) in [7, 11) is -1.36. The van der Waals surface area contributed by atoms with Gasteiger partial charge in [0.15, 0.2) is 0 Å². The summed E-state index contributed by atoms with van der Waals surface area (Å²) in [5.41, 5.74) is 3.75. The smallest absolute Gasteiger partial charge is 0.0798 e. The second kappa shape index (κ2) is 8.56. The minimum absolute atomic E-state index is 0. The molecule has 0 N–H and O–H groups in total. The van der Waals surface area contributed by atoms with Crippen molar-refractivity contribution in [1.29, 1.82) is 0 Å². The molecular formula is C21H28IrNSi-. The second-order valence-corrected chi connectivity index (χ2v) is 13.0. The third-order valence-electron chi connectivity index (χ3n) is 5.02. The van der Waals surface area contributed by atoms with Crippen molar-refractivity contribution in [2.45, 2.75) is 58.2 Å². The fourth-order valence-electron chi connectivity index (χ4n) is 3.74. The van der Waals surface area contributed by atoms with Crippen LogP contribution in [0.15, 0.2) is 36.5 Å². The van der Waals surface area contributed by atoms with Crippen LogP contribution < -0.4 is 5.19 Å². The largest absolute Gasteiger partial charge is 0.305 e. The first-order valence-corrected chi connectivity index (χ1v) is 12.5. The topological polar surface area (TPSA) is 12.9 Å². The van der Waals surface area contributed by atoms with Gasteiger partial charge in [-0.05, 0) is 23.2 Å². The predicted octanol–water partition coefficient (Wildman–Crippen LogP) is 5.21. The van der Waals surface area contributed by atoms with Crippen molar-refractivity contribution in [1.82, 2.24) is 4.98 Å². The maximum Gasteiger partial charge on any atom is 0.0798 e. The molecule has 2 aromatic rings. The molecule has 1 nitrogen and oxygen atoms in total. The SMILES string of the molecule is C[Si](C)(C)c1cnc(-c2[c-]cccc2)cc1CC1CCCCC1.[Ir]. The van der Waals surface area contributed by atoms with Crippen molar-refractivity contribution in [3.8, 4) is 11.3 Å². The van der Waals surface area contributed by atoms with Gasteiger partial charge in [0.05, 0.1) is 8.07 Å². The Bertz CT molecular complexity index is 643. The summed E-state index contributed by atoms with van der Waals surface area (Å²) < 4.78 is 0. The van der Waals surface area contributed by atoms with Crippen LogP contribution in [0.25, 0.3) is 11.3 Å². The summed E-state index contributed by atoms with van der Waals surface area (Å²) in [5.74, 6) is 0.869. The van der Waals surface area contributed by atoms with Gasteiger partial charge in [0.2, 0.25) is 0 Å². The number of aromatic nitrogens is 1. The summed E-state index contributed by atoms with van der Waals surface area (Å²) in [4.78, 5) is 4.77. The van der Waals surface area contributed by atoms with Gasteiger partial charge in [-0.25, -0.2) is 0 Å². The molecule has 1 aliphatic carbocycles. The van der Waals surface area contributed by atoms with Gasteiger partial charge in [0.25, 0.3) is 0 Å². The zero-order chi connectivity index (χ0) is 16.3. The summed E-state index contributed by atoms with van der Waals surface area (Å²) in [6, 6.07) is 13.9. The molecular weight excluding hydrogens is 487 g/mol. The zero-order valence-corrected chi connectivity index (χ0v) is 18.5. The van der Waals surface area contributed by atoms with Gasteiger partial charge >= 0.3 is 0 Å². The molecule has 1 aromatic heterocycles. The van der Waals surface area contributed by atoms with Crippen LogP contribution in [0.2, 0.25) is 19.6 Å². The molecule has 1 aliphatic rings. The van der Waals surface area contributed by atoms with E-state index in [4.69, 9.17) is 4.98 Å². The molecule has 0 unspecified atom stereocenters. The van der Waals surface area contributed by atoms with Crippen LogP contribution >= 0.6 is 0 Å². The number of rotatable bonds is 4. The quantitative estimate of drug-likeness (QED) is 0.403. The summed E-state index contributed by atoms with van der Waals surface area (Å²) in [6.45, 7) is 7.30. The van der Waals surface area contributed by atoms with Crippen molar-refractivity contribution < 1.29 is 20.1 Å². The van der Waals surface area contributed by atoms with Crippen molar-refractivity contribution >= 4 is 13.3 Å². The van der Waals surface area contributed by atoms with Crippen LogP contribution in [0.4, 0.5) is 0 Å². The first kappa shape index (κ1) is 19.6. The normalized spacial score (nSPS) is 15.8. The Labute approximate surface area is 161 Å². The Balaban J connectivity index is 0.00000208. The molecule has 0 saturated heterocycles. The van der Waals surface area contributed by atoms with Crippen LogP contribution in [-0.4, -0.2) is 13.1 Å². The van der Waals surface area contributed by atoms with Gasteiger partial charge in [-0.1, -0.05) is 63.4 Å². The standard InChI is InChI=1S/C21H28NSi.Ir/c1-23(2,3)21-16-22-20(18-12-8-5-9-13-18)15-19(21)14-17-10-6-4-7-11-17;/h5,8-9,12,15-17H,4,6-7,10-11,14H2,1-3H3;/q-1;. The molecule has 1 fully saturated rings. The molecule has 0 spiro atoms. The van der Waals surface area contributed by atoms with Crippen LogP contribution in [0.3, 0.4) is 0 Å². The number of pyridine rings is 1. The van der Waals surface area contributed by atoms with Crippen LogP contribution in [0, 0.1) is 12.0 Å². The van der Waals surface area contributed by atoms with Gasteiger partial charge in [-0.2, -0.15) is 0 Å². The Hall–Kier alpha value is -0.764. The summed E-state index contributed by atoms with van der Waals surface area (Å²) in [5, 5.41) is 1.54. The van der Waals surface area contributed by atoms with Crippen molar-refractivity contribution in [2.24, 2.45) is 5.92 Å². The summed E-state index contributed by atoms with van der Waals surface area (Å²) >= 11 is 0. The molecule has 24 heavy (non-hydrogen) atoms. The van der Waals surface area contributed by atoms with E-state index in [1.807, 2.05) is 12.1 Å². The Kier molecular flexibility index (Phi) is 6.97. The Morgan fingerprint density at radius 3 is 2.50 bits per heavy atom. The van der Waals surface area contributed by atoms with E-state index in [2.05, 4.69) is 50.1 Å². The number of hydrogen-bond donors (Lipinski definition) is 0. The molecule has 1 saturated carbocycles. The number of nitrogens with zero attached hydrogens (tertiary/aromatic N) is 1. The van der Waals surface area contributed by atoms with E-state index in [9.17, 15) is 0 Å². The molecule has 1 aromatic carbocycles.